The second-order valence-electron chi connectivity index (χ2n) is 4.67. The van der Waals surface area contributed by atoms with E-state index in [1.54, 1.807) is 12.1 Å². The Kier molecular flexibility index (Phi) is 4.29. The maximum atomic E-state index is 9.24. The van der Waals surface area contributed by atoms with Gasteiger partial charge in [0.25, 0.3) is 0 Å². The molecule has 0 aliphatic heterocycles. The predicted molar refractivity (Wildman–Crippen MR) is 77.6 cm³/mol. The number of phenols is 1. The first kappa shape index (κ1) is 13.3. The summed E-state index contributed by atoms with van der Waals surface area (Å²) < 4.78 is 5.77. The van der Waals surface area contributed by atoms with Crippen LogP contribution in [-0.2, 0) is 6.54 Å². The lowest BCUT2D eigenvalue weighted by Crippen LogP contribution is -2.09. The van der Waals surface area contributed by atoms with Gasteiger partial charge in [-0.1, -0.05) is 18.2 Å². The maximum Gasteiger partial charge on any atom is 0.124 e. The van der Waals surface area contributed by atoms with Gasteiger partial charge in [-0.25, -0.2) is 0 Å². The Balaban J connectivity index is 2.04. The van der Waals surface area contributed by atoms with Crippen LogP contribution in [-0.4, -0.2) is 11.2 Å². The SMILES string of the molecule is CC(C)Oc1ccccc1CNc1ccc(O)cc1. The summed E-state index contributed by atoms with van der Waals surface area (Å²) in [6.07, 6.45) is 0.162. The highest BCUT2D eigenvalue weighted by Crippen LogP contribution is 2.21. The van der Waals surface area contributed by atoms with Gasteiger partial charge in [-0.3, -0.25) is 0 Å². The molecule has 0 radical (unpaired) electrons. The van der Waals surface area contributed by atoms with Crippen LogP contribution in [0.3, 0.4) is 0 Å². The molecule has 0 saturated carbocycles. The first-order valence-electron chi connectivity index (χ1n) is 6.42. The van der Waals surface area contributed by atoms with E-state index in [4.69, 9.17) is 4.74 Å². The number of phenolic OH excluding ortho intramolecular Hbond substituents is 1. The molecule has 0 fully saturated rings. The number of hydrogen-bond donors (Lipinski definition) is 2. The molecule has 3 heteroatoms. The molecular weight excluding hydrogens is 238 g/mol. The van der Waals surface area contributed by atoms with Gasteiger partial charge in [-0.05, 0) is 44.2 Å². The lowest BCUT2D eigenvalue weighted by molar-refractivity contribution is 0.240. The summed E-state index contributed by atoms with van der Waals surface area (Å²) in [5.74, 6) is 1.18. The summed E-state index contributed by atoms with van der Waals surface area (Å²) in [7, 11) is 0. The molecule has 3 nitrogen and oxygen atoms in total. The van der Waals surface area contributed by atoms with Crippen LogP contribution in [0.2, 0.25) is 0 Å². The van der Waals surface area contributed by atoms with Crippen LogP contribution in [0.1, 0.15) is 19.4 Å². The number of aromatic hydroxyl groups is 1. The smallest absolute Gasteiger partial charge is 0.124 e. The van der Waals surface area contributed by atoms with E-state index in [0.717, 1.165) is 17.0 Å². The first-order chi connectivity index (χ1) is 9.15. The van der Waals surface area contributed by atoms with Crippen molar-refractivity contribution in [3.63, 3.8) is 0 Å². The van der Waals surface area contributed by atoms with Gasteiger partial charge in [-0.2, -0.15) is 0 Å². The summed E-state index contributed by atoms with van der Waals surface area (Å²) in [5, 5.41) is 12.5. The van der Waals surface area contributed by atoms with Crippen molar-refractivity contribution in [2.24, 2.45) is 0 Å². The Morgan fingerprint density at radius 3 is 2.42 bits per heavy atom. The highest BCUT2D eigenvalue weighted by Gasteiger charge is 2.04. The van der Waals surface area contributed by atoms with Crippen LogP contribution >= 0.6 is 0 Å². The summed E-state index contributed by atoms with van der Waals surface area (Å²) in [4.78, 5) is 0. The largest absolute Gasteiger partial charge is 0.508 e. The minimum Gasteiger partial charge on any atom is -0.508 e. The zero-order valence-corrected chi connectivity index (χ0v) is 11.3. The van der Waals surface area contributed by atoms with Crippen molar-refractivity contribution < 1.29 is 9.84 Å². The van der Waals surface area contributed by atoms with E-state index in [1.165, 1.54) is 0 Å². The second-order valence-corrected chi connectivity index (χ2v) is 4.67. The standard InChI is InChI=1S/C16H19NO2/c1-12(2)19-16-6-4-3-5-13(16)11-17-14-7-9-15(18)10-8-14/h3-10,12,17-18H,11H2,1-2H3. The molecule has 0 heterocycles. The zero-order chi connectivity index (χ0) is 13.7. The van der Waals surface area contributed by atoms with Crippen LogP contribution in [0.5, 0.6) is 11.5 Å². The fraction of sp³-hybridized carbons (Fsp3) is 0.250. The van der Waals surface area contributed by atoms with Crippen molar-refractivity contribution in [1.29, 1.82) is 0 Å². The normalized spacial score (nSPS) is 10.5. The highest BCUT2D eigenvalue weighted by atomic mass is 16.5. The van der Waals surface area contributed by atoms with Crippen LogP contribution < -0.4 is 10.1 Å². The number of rotatable bonds is 5. The van der Waals surface area contributed by atoms with Crippen LogP contribution in [0.15, 0.2) is 48.5 Å². The molecular formula is C16H19NO2. The van der Waals surface area contributed by atoms with Crippen molar-refractivity contribution in [3.05, 3.63) is 54.1 Å². The van der Waals surface area contributed by atoms with E-state index in [2.05, 4.69) is 5.32 Å². The number of benzene rings is 2. The van der Waals surface area contributed by atoms with Gasteiger partial charge in [0.2, 0.25) is 0 Å². The summed E-state index contributed by atoms with van der Waals surface area (Å²) in [6, 6.07) is 15.0. The summed E-state index contributed by atoms with van der Waals surface area (Å²) in [6.45, 7) is 4.72. The van der Waals surface area contributed by atoms with E-state index in [1.807, 2.05) is 50.2 Å². The molecule has 0 spiro atoms. The molecule has 2 rings (SSSR count). The number of hydrogen-bond acceptors (Lipinski definition) is 3. The molecule has 0 amide bonds. The topological polar surface area (TPSA) is 41.5 Å². The van der Waals surface area contributed by atoms with Crippen LogP contribution in [0, 0.1) is 0 Å². The van der Waals surface area contributed by atoms with Crippen LogP contribution in [0.4, 0.5) is 5.69 Å². The van der Waals surface area contributed by atoms with Gasteiger partial charge in [-0.15, -0.1) is 0 Å². The third-order valence-corrected chi connectivity index (χ3v) is 2.69. The van der Waals surface area contributed by atoms with Crippen molar-refractivity contribution >= 4 is 5.69 Å². The van der Waals surface area contributed by atoms with Gasteiger partial charge >= 0.3 is 0 Å². The van der Waals surface area contributed by atoms with E-state index in [0.29, 0.717) is 6.54 Å². The van der Waals surface area contributed by atoms with Crippen LogP contribution in [0.25, 0.3) is 0 Å². The van der Waals surface area contributed by atoms with Gasteiger partial charge in [0.05, 0.1) is 6.10 Å². The average Bonchev–Trinajstić information content (AvgIpc) is 2.39. The molecule has 0 aromatic heterocycles. The molecule has 0 aliphatic carbocycles. The van der Waals surface area contributed by atoms with Gasteiger partial charge < -0.3 is 15.2 Å². The van der Waals surface area contributed by atoms with E-state index >= 15 is 0 Å². The zero-order valence-electron chi connectivity index (χ0n) is 11.3. The highest BCUT2D eigenvalue weighted by molar-refractivity contribution is 5.47. The van der Waals surface area contributed by atoms with E-state index in [-0.39, 0.29) is 11.9 Å². The van der Waals surface area contributed by atoms with Gasteiger partial charge in [0.1, 0.15) is 11.5 Å². The monoisotopic (exact) mass is 257 g/mol. The van der Waals surface area contributed by atoms with E-state index in [9.17, 15) is 5.11 Å². The number of nitrogens with one attached hydrogen (secondary N) is 1. The maximum absolute atomic E-state index is 9.24. The Bertz CT molecular complexity index is 521. The molecule has 0 unspecified atom stereocenters. The fourth-order valence-electron chi connectivity index (χ4n) is 1.80. The van der Waals surface area contributed by atoms with Crippen molar-refractivity contribution in [2.75, 3.05) is 5.32 Å². The summed E-state index contributed by atoms with van der Waals surface area (Å²) >= 11 is 0. The van der Waals surface area contributed by atoms with Gasteiger partial charge in [0, 0.05) is 17.8 Å². The minimum atomic E-state index is 0.162. The second kappa shape index (κ2) is 6.14. The average molecular weight is 257 g/mol. The fourth-order valence-corrected chi connectivity index (χ4v) is 1.80. The number of ether oxygens (including phenoxy) is 1. The van der Waals surface area contributed by atoms with Crippen molar-refractivity contribution in [1.82, 2.24) is 0 Å². The molecule has 0 saturated heterocycles. The first-order valence-corrected chi connectivity index (χ1v) is 6.42. The number of para-hydroxylation sites is 1. The van der Waals surface area contributed by atoms with Crippen molar-refractivity contribution in [2.45, 2.75) is 26.5 Å². The lowest BCUT2D eigenvalue weighted by Gasteiger charge is -2.15. The molecule has 2 aromatic rings. The van der Waals surface area contributed by atoms with E-state index < -0.39 is 0 Å². The quantitative estimate of drug-likeness (QED) is 0.801. The molecule has 0 atom stereocenters. The van der Waals surface area contributed by atoms with Crippen molar-refractivity contribution in [3.8, 4) is 11.5 Å². The third-order valence-electron chi connectivity index (χ3n) is 2.69. The lowest BCUT2D eigenvalue weighted by atomic mass is 10.2. The Labute approximate surface area is 113 Å². The third kappa shape index (κ3) is 3.91. The molecule has 0 bridgehead atoms. The summed E-state index contributed by atoms with van der Waals surface area (Å²) in [5.41, 5.74) is 2.08. The molecule has 100 valence electrons. The molecule has 19 heavy (non-hydrogen) atoms. The Hall–Kier alpha value is -2.16. The molecule has 2 N–H and O–H groups in total. The molecule has 2 aromatic carbocycles. The Morgan fingerprint density at radius 1 is 1.05 bits per heavy atom. The van der Waals surface area contributed by atoms with Gasteiger partial charge in [0.15, 0.2) is 0 Å². The number of anilines is 1. The molecule has 0 aliphatic rings. The minimum absolute atomic E-state index is 0.162. The Morgan fingerprint density at radius 2 is 1.74 bits per heavy atom. The predicted octanol–water partition coefficient (Wildman–Crippen LogP) is 3.79.